The Morgan fingerprint density at radius 3 is 2.19 bits per heavy atom. The maximum absolute atomic E-state index is 14.4. The minimum Gasteiger partial charge on any atom is -0.508 e. The molecule has 0 aliphatic carbocycles. The summed E-state index contributed by atoms with van der Waals surface area (Å²) in [6.07, 6.45) is -0.994. The van der Waals surface area contributed by atoms with Gasteiger partial charge >= 0.3 is 6.09 Å². The van der Waals surface area contributed by atoms with Gasteiger partial charge in [0.25, 0.3) is 5.91 Å². The average Bonchev–Trinajstić information content (AvgIpc) is 2.91. The first-order valence-corrected chi connectivity index (χ1v) is 14.2. The molecule has 0 aliphatic heterocycles. The lowest BCUT2D eigenvalue weighted by Gasteiger charge is -2.44. The van der Waals surface area contributed by atoms with E-state index < -0.39 is 53.5 Å². The molecule has 0 saturated heterocycles. The molecule has 0 heterocycles. The molecule has 0 spiro atoms. The van der Waals surface area contributed by atoms with Gasteiger partial charge in [-0.05, 0) is 94.1 Å². The Balaban J connectivity index is 2.14. The van der Waals surface area contributed by atoms with Crippen molar-refractivity contribution in [3.05, 3.63) is 71.8 Å². The molecule has 0 bridgehead atoms. The van der Waals surface area contributed by atoms with Crippen LogP contribution >= 0.6 is 0 Å². The quantitative estimate of drug-likeness (QED) is 0.251. The molecule has 3 aromatic rings. The second kappa shape index (κ2) is 13.1. The van der Waals surface area contributed by atoms with Crippen molar-refractivity contribution in [2.24, 2.45) is 5.73 Å². The fourth-order valence-electron chi connectivity index (χ4n) is 4.71. The first kappa shape index (κ1) is 32.9. The second-order valence-electron chi connectivity index (χ2n) is 12.2. The van der Waals surface area contributed by atoms with E-state index in [4.69, 9.17) is 10.5 Å². The molecular weight excluding hydrogens is 548 g/mol. The highest BCUT2D eigenvalue weighted by molar-refractivity contribution is 6.01. The van der Waals surface area contributed by atoms with E-state index in [1.54, 1.807) is 59.7 Å². The van der Waals surface area contributed by atoms with E-state index in [-0.39, 0.29) is 5.75 Å². The van der Waals surface area contributed by atoms with E-state index in [0.29, 0.717) is 23.2 Å². The molecule has 10 nitrogen and oxygen atoms in total. The SMILES string of the molecule is CCC(C)(C)N(C(=O)C(CC(N)=O)NC(=O)OC(C)(C)C)C(C(=O)Nc1ccc2ccccc2c1)c1ccc(O)c(C)c1. The van der Waals surface area contributed by atoms with Gasteiger partial charge in [0.2, 0.25) is 11.8 Å². The topological polar surface area (TPSA) is 151 Å². The standard InChI is InChI=1S/C33H42N4O6/c1-8-33(6,7)37(30(41)25(19-27(34)39)36-31(42)43-32(3,4)5)28(23-14-16-26(38)20(2)17-23)29(40)35-24-15-13-21-11-9-10-12-22(21)18-24/h9-18,25,28,38H,8,19H2,1-7H3,(H2,34,39)(H,35,40)(H,36,42). The molecule has 2 unspecified atom stereocenters. The van der Waals surface area contributed by atoms with Gasteiger partial charge < -0.3 is 31.1 Å². The van der Waals surface area contributed by atoms with Crippen molar-refractivity contribution in [1.29, 1.82) is 0 Å². The second-order valence-corrected chi connectivity index (χ2v) is 12.2. The van der Waals surface area contributed by atoms with Crippen LogP contribution in [0.25, 0.3) is 10.8 Å². The Morgan fingerprint density at radius 2 is 1.60 bits per heavy atom. The van der Waals surface area contributed by atoms with Gasteiger partial charge in [0.05, 0.1) is 6.42 Å². The molecule has 230 valence electrons. The lowest BCUT2D eigenvalue weighted by atomic mass is 9.91. The Labute approximate surface area is 252 Å². The van der Waals surface area contributed by atoms with Gasteiger partial charge in [0.15, 0.2) is 0 Å². The smallest absolute Gasteiger partial charge is 0.408 e. The lowest BCUT2D eigenvalue weighted by Crippen LogP contribution is -2.59. The van der Waals surface area contributed by atoms with Crippen LogP contribution in [0.2, 0.25) is 0 Å². The maximum Gasteiger partial charge on any atom is 0.408 e. The minimum atomic E-state index is -1.41. The van der Waals surface area contributed by atoms with Gasteiger partial charge in [0.1, 0.15) is 23.4 Å². The highest BCUT2D eigenvalue weighted by atomic mass is 16.6. The number of hydrogen-bond acceptors (Lipinski definition) is 6. The first-order valence-electron chi connectivity index (χ1n) is 14.2. The average molecular weight is 591 g/mol. The van der Waals surface area contributed by atoms with Crippen LogP contribution in [0.4, 0.5) is 10.5 Å². The fourth-order valence-corrected chi connectivity index (χ4v) is 4.71. The summed E-state index contributed by atoms with van der Waals surface area (Å²) in [7, 11) is 0. The van der Waals surface area contributed by atoms with E-state index >= 15 is 0 Å². The summed E-state index contributed by atoms with van der Waals surface area (Å²) in [4.78, 5) is 54.8. The minimum absolute atomic E-state index is 0.0308. The number of benzene rings is 3. The summed E-state index contributed by atoms with van der Waals surface area (Å²) in [5.41, 5.74) is 5.14. The van der Waals surface area contributed by atoms with Crippen LogP contribution in [0.15, 0.2) is 60.7 Å². The highest BCUT2D eigenvalue weighted by Gasteiger charge is 2.43. The van der Waals surface area contributed by atoms with Gasteiger partial charge in [-0.3, -0.25) is 14.4 Å². The van der Waals surface area contributed by atoms with Crippen LogP contribution < -0.4 is 16.4 Å². The molecule has 0 aliphatic rings. The van der Waals surface area contributed by atoms with Crippen LogP contribution in [0.1, 0.15) is 71.6 Å². The number of phenolic OH excluding ortho intramolecular Hbond substituents is 1. The van der Waals surface area contributed by atoms with Crippen LogP contribution in [-0.4, -0.2) is 51.0 Å². The zero-order chi connectivity index (χ0) is 32.1. The molecule has 4 amide bonds. The summed E-state index contributed by atoms with van der Waals surface area (Å²) in [5, 5.41) is 17.6. The molecular formula is C33H42N4O6. The Bertz CT molecular complexity index is 1510. The van der Waals surface area contributed by atoms with E-state index in [1.165, 1.54) is 11.0 Å². The van der Waals surface area contributed by atoms with Crippen molar-refractivity contribution in [2.45, 2.75) is 84.5 Å². The normalized spacial score (nSPS) is 13.1. The summed E-state index contributed by atoms with van der Waals surface area (Å²) in [5.74, 6) is -2.00. The van der Waals surface area contributed by atoms with E-state index in [9.17, 15) is 24.3 Å². The van der Waals surface area contributed by atoms with Crippen molar-refractivity contribution >= 4 is 40.3 Å². The number of nitrogens with one attached hydrogen (secondary N) is 2. The molecule has 0 fully saturated rings. The van der Waals surface area contributed by atoms with Gasteiger partial charge in [-0.2, -0.15) is 0 Å². The summed E-state index contributed by atoms with van der Waals surface area (Å²) < 4.78 is 5.35. The third-order valence-electron chi connectivity index (χ3n) is 7.21. The van der Waals surface area contributed by atoms with Gasteiger partial charge in [0, 0.05) is 11.2 Å². The predicted molar refractivity (Wildman–Crippen MR) is 166 cm³/mol. The number of ether oxygens (including phenoxy) is 1. The number of fused-ring (bicyclic) bond motifs is 1. The number of rotatable bonds is 10. The van der Waals surface area contributed by atoms with Crippen LogP contribution in [0.5, 0.6) is 5.75 Å². The van der Waals surface area contributed by atoms with Crippen LogP contribution in [-0.2, 0) is 19.1 Å². The number of aryl methyl sites for hydroxylation is 1. The third-order valence-corrected chi connectivity index (χ3v) is 7.21. The fraction of sp³-hybridized carbons (Fsp3) is 0.394. The molecule has 5 N–H and O–H groups in total. The highest BCUT2D eigenvalue weighted by Crippen LogP contribution is 2.35. The van der Waals surface area contributed by atoms with Crippen molar-refractivity contribution in [1.82, 2.24) is 10.2 Å². The molecule has 2 atom stereocenters. The van der Waals surface area contributed by atoms with Crippen molar-refractivity contribution in [2.75, 3.05) is 5.32 Å². The third kappa shape index (κ3) is 8.47. The Kier molecular flexibility index (Phi) is 10.1. The number of nitrogens with two attached hydrogens (primary N) is 1. The molecule has 0 aromatic heterocycles. The van der Waals surface area contributed by atoms with Crippen molar-refractivity contribution in [3.63, 3.8) is 0 Å². The lowest BCUT2D eigenvalue weighted by molar-refractivity contribution is -0.148. The summed E-state index contributed by atoms with van der Waals surface area (Å²) in [6, 6.07) is 15.3. The van der Waals surface area contributed by atoms with Gasteiger partial charge in [-0.25, -0.2) is 4.79 Å². The number of carbonyl (C=O) groups excluding carboxylic acids is 4. The van der Waals surface area contributed by atoms with E-state index in [0.717, 1.165) is 10.8 Å². The zero-order valence-corrected chi connectivity index (χ0v) is 25.9. The number of phenols is 1. The molecule has 0 saturated carbocycles. The first-order chi connectivity index (χ1) is 20.0. The molecule has 3 rings (SSSR count). The number of hydrogen-bond donors (Lipinski definition) is 4. The number of carbonyl (C=O) groups is 4. The monoisotopic (exact) mass is 590 g/mol. The van der Waals surface area contributed by atoms with Crippen LogP contribution in [0.3, 0.4) is 0 Å². The van der Waals surface area contributed by atoms with E-state index in [1.807, 2.05) is 43.3 Å². The largest absolute Gasteiger partial charge is 0.508 e. The predicted octanol–water partition coefficient (Wildman–Crippen LogP) is 5.32. The summed E-state index contributed by atoms with van der Waals surface area (Å²) in [6.45, 7) is 12.2. The number of aromatic hydroxyl groups is 1. The van der Waals surface area contributed by atoms with Crippen molar-refractivity contribution < 1.29 is 29.0 Å². The van der Waals surface area contributed by atoms with E-state index in [2.05, 4.69) is 10.6 Å². The molecule has 3 aromatic carbocycles. The number of amides is 4. The molecule has 43 heavy (non-hydrogen) atoms. The number of primary amides is 1. The van der Waals surface area contributed by atoms with Crippen LogP contribution in [0, 0.1) is 6.92 Å². The maximum atomic E-state index is 14.4. The number of nitrogens with zero attached hydrogens (tertiary/aromatic N) is 1. The summed E-state index contributed by atoms with van der Waals surface area (Å²) >= 11 is 0. The van der Waals surface area contributed by atoms with Gasteiger partial charge in [-0.15, -0.1) is 0 Å². The van der Waals surface area contributed by atoms with Gasteiger partial charge in [-0.1, -0.05) is 43.3 Å². The number of alkyl carbamates (subject to hydrolysis) is 1. The van der Waals surface area contributed by atoms with Crippen molar-refractivity contribution in [3.8, 4) is 5.75 Å². The molecule has 0 radical (unpaired) electrons. The number of anilines is 1. The Hall–Kier alpha value is -4.60. The zero-order valence-electron chi connectivity index (χ0n) is 25.9. The molecule has 10 heteroatoms. The Morgan fingerprint density at radius 1 is 0.953 bits per heavy atom.